The molecule has 0 saturated heterocycles. The Bertz CT molecular complexity index is 975. The number of amides is 1. The van der Waals surface area contributed by atoms with Crippen molar-refractivity contribution in [2.24, 2.45) is 0 Å². The van der Waals surface area contributed by atoms with E-state index >= 15 is 0 Å². The molecular weight excluding hydrogens is 398 g/mol. The second-order valence-corrected chi connectivity index (χ2v) is 7.70. The minimum absolute atomic E-state index is 0.0127. The first-order valence-electron chi connectivity index (χ1n) is 8.61. The molecule has 0 aliphatic rings. The Labute approximate surface area is 171 Å². The van der Waals surface area contributed by atoms with Crippen molar-refractivity contribution in [3.05, 3.63) is 91.1 Å². The van der Waals surface area contributed by atoms with E-state index in [-0.39, 0.29) is 29.2 Å². The lowest BCUT2D eigenvalue weighted by Crippen LogP contribution is -2.87. The lowest BCUT2D eigenvalue weighted by molar-refractivity contribution is -0.675. The number of hydrogen-bond donors (Lipinski definition) is 2. The third-order valence-corrected chi connectivity index (χ3v) is 5.53. The van der Waals surface area contributed by atoms with Gasteiger partial charge in [-0.15, -0.1) is 11.3 Å². The molecule has 0 fully saturated rings. The zero-order valence-electron chi connectivity index (χ0n) is 15.1. The maximum Gasteiger partial charge on any atom is 0.279 e. The average molecular weight is 417 g/mol. The van der Waals surface area contributed by atoms with Gasteiger partial charge in [-0.05, 0) is 24.4 Å². The summed E-state index contributed by atoms with van der Waals surface area (Å²) in [6.45, 7) is 2.22. The smallest absolute Gasteiger partial charge is 0.279 e. The first kappa shape index (κ1) is 20.0. The summed E-state index contributed by atoms with van der Waals surface area (Å²) in [5, 5.41) is 17.6. The molecule has 3 rings (SSSR count). The molecule has 0 bridgehead atoms. The molecule has 0 aliphatic carbocycles. The summed E-state index contributed by atoms with van der Waals surface area (Å²) in [6.07, 6.45) is 0. The van der Waals surface area contributed by atoms with Crippen LogP contribution in [0.4, 0.5) is 11.4 Å². The molecule has 1 atom stereocenters. The molecule has 1 aromatic heterocycles. The van der Waals surface area contributed by atoms with Crippen molar-refractivity contribution in [2.75, 3.05) is 11.9 Å². The molecule has 6 nitrogen and oxygen atoms in total. The van der Waals surface area contributed by atoms with Crippen molar-refractivity contribution in [1.29, 1.82) is 0 Å². The molecule has 8 heteroatoms. The Morgan fingerprint density at radius 2 is 2.00 bits per heavy atom. The fourth-order valence-corrected chi connectivity index (χ4v) is 3.88. The predicted octanol–water partition coefficient (Wildman–Crippen LogP) is 3.91. The number of nitrogens with two attached hydrogens (primary N) is 1. The Balaban J connectivity index is 1.69. The molecular formula is C20H19ClN3O3S+. The van der Waals surface area contributed by atoms with E-state index < -0.39 is 4.92 Å². The Hall–Kier alpha value is -2.74. The van der Waals surface area contributed by atoms with Crippen LogP contribution in [-0.4, -0.2) is 17.4 Å². The number of anilines is 1. The standard InChI is InChI=1S/C20H18ClN3O3S/c1-13-4-6-14(7-5-13)20(18-3-2-10-28-18)22-12-19(25)23-17-9-8-15(24(26)27)11-16(17)21/h2-11,20,22H,12H2,1H3,(H,23,25)/p+1/t20-/m0/s1. The molecule has 0 unspecified atom stereocenters. The molecule has 28 heavy (non-hydrogen) atoms. The van der Waals surface area contributed by atoms with E-state index in [9.17, 15) is 14.9 Å². The fourth-order valence-electron chi connectivity index (χ4n) is 2.80. The molecule has 0 saturated carbocycles. The molecule has 0 aliphatic heterocycles. The highest BCUT2D eigenvalue weighted by Gasteiger charge is 2.20. The summed E-state index contributed by atoms with van der Waals surface area (Å²) in [7, 11) is 0. The number of carbonyl (C=O) groups excluding carboxylic acids is 1. The number of carbonyl (C=O) groups is 1. The van der Waals surface area contributed by atoms with Crippen LogP contribution in [0, 0.1) is 17.0 Å². The van der Waals surface area contributed by atoms with Crippen molar-refractivity contribution >= 4 is 40.2 Å². The van der Waals surface area contributed by atoms with E-state index in [1.54, 1.807) is 11.3 Å². The number of benzene rings is 2. The van der Waals surface area contributed by atoms with Crippen LogP contribution < -0.4 is 10.6 Å². The number of nitro benzene ring substituents is 1. The maximum absolute atomic E-state index is 12.4. The number of hydrogen-bond acceptors (Lipinski definition) is 4. The number of rotatable bonds is 7. The van der Waals surface area contributed by atoms with Crippen LogP contribution in [0.3, 0.4) is 0 Å². The minimum Gasteiger partial charge on any atom is -0.328 e. The SMILES string of the molecule is Cc1ccc([C@H]([NH2+]CC(=O)Nc2ccc([N+](=O)[O-])cc2Cl)c2cccs2)cc1. The van der Waals surface area contributed by atoms with Gasteiger partial charge in [-0.2, -0.15) is 0 Å². The molecule has 3 N–H and O–H groups in total. The highest BCUT2D eigenvalue weighted by Crippen LogP contribution is 2.26. The van der Waals surface area contributed by atoms with Crippen molar-refractivity contribution in [2.45, 2.75) is 13.0 Å². The molecule has 144 valence electrons. The van der Waals surface area contributed by atoms with E-state index in [2.05, 4.69) is 35.6 Å². The Morgan fingerprint density at radius 1 is 1.25 bits per heavy atom. The van der Waals surface area contributed by atoms with Crippen molar-refractivity contribution < 1.29 is 15.0 Å². The first-order valence-corrected chi connectivity index (χ1v) is 9.87. The fraction of sp³-hybridized carbons (Fsp3) is 0.150. The topological polar surface area (TPSA) is 88.8 Å². The van der Waals surface area contributed by atoms with Gasteiger partial charge in [-0.3, -0.25) is 14.9 Å². The monoisotopic (exact) mass is 416 g/mol. The van der Waals surface area contributed by atoms with Crippen LogP contribution in [0.5, 0.6) is 0 Å². The number of nitro groups is 1. The van der Waals surface area contributed by atoms with Crippen molar-refractivity contribution in [1.82, 2.24) is 0 Å². The van der Waals surface area contributed by atoms with Crippen LogP contribution >= 0.6 is 22.9 Å². The van der Waals surface area contributed by atoms with Crippen LogP contribution in [-0.2, 0) is 4.79 Å². The van der Waals surface area contributed by atoms with Gasteiger partial charge >= 0.3 is 0 Å². The summed E-state index contributed by atoms with van der Waals surface area (Å²) in [4.78, 5) is 23.8. The molecule has 3 aromatic rings. The molecule has 2 aromatic carbocycles. The van der Waals surface area contributed by atoms with E-state index in [0.29, 0.717) is 5.69 Å². The minimum atomic E-state index is -0.529. The van der Waals surface area contributed by atoms with E-state index in [0.717, 1.165) is 10.4 Å². The third kappa shape index (κ3) is 4.95. The van der Waals surface area contributed by atoms with Crippen molar-refractivity contribution in [3.8, 4) is 0 Å². The highest BCUT2D eigenvalue weighted by atomic mass is 35.5. The van der Waals surface area contributed by atoms with Crippen LogP contribution in [0.25, 0.3) is 0 Å². The summed E-state index contributed by atoms with van der Waals surface area (Å²) in [5.74, 6) is -0.232. The summed E-state index contributed by atoms with van der Waals surface area (Å²) in [5.41, 5.74) is 2.54. The second kappa shape index (κ2) is 8.97. The highest BCUT2D eigenvalue weighted by molar-refractivity contribution is 7.10. The van der Waals surface area contributed by atoms with Crippen LogP contribution in [0.2, 0.25) is 5.02 Å². The number of aryl methyl sites for hydroxylation is 1. The second-order valence-electron chi connectivity index (χ2n) is 6.31. The van der Waals surface area contributed by atoms with Crippen molar-refractivity contribution in [3.63, 3.8) is 0 Å². The van der Waals surface area contributed by atoms with E-state index in [1.165, 1.54) is 23.8 Å². The van der Waals surface area contributed by atoms with E-state index in [1.807, 2.05) is 23.7 Å². The summed E-state index contributed by atoms with van der Waals surface area (Å²) < 4.78 is 0. The lowest BCUT2D eigenvalue weighted by atomic mass is 10.0. The number of halogens is 1. The number of thiophene rings is 1. The van der Waals surface area contributed by atoms with Gasteiger partial charge < -0.3 is 10.6 Å². The van der Waals surface area contributed by atoms with Gasteiger partial charge in [0.1, 0.15) is 6.04 Å². The van der Waals surface area contributed by atoms with Crippen LogP contribution in [0.1, 0.15) is 22.0 Å². The van der Waals surface area contributed by atoms with Gasteiger partial charge in [0.2, 0.25) is 0 Å². The zero-order valence-corrected chi connectivity index (χ0v) is 16.7. The predicted molar refractivity (Wildman–Crippen MR) is 111 cm³/mol. The maximum atomic E-state index is 12.4. The molecule has 0 spiro atoms. The van der Waals surface area contributed by atoms with Gasteiger partial charge in [-0.1, -0.05) is 47.5 Å². The summed E-state index contributed by atoms with van der Waals surface area (Å²) in [6, 6.07) is 16.3. The average Bonchev–Trinajstić information content (AvgIpc) is 3.19. The van der Waals surface area contributed by atoms with E-state index in [4.69, 9.17) is 11.6 Å². The zero-order chi connectivity index (χ0) is 20.1. The third-order valence-electron chi connectivity index (χ3n) is 4.26. The quantitative estimate of drug-likeness (QED) is 0.452. The number of nitrogens with one attached hydrogen (secondary N) is 1. The first-order chi connectivity index (χ1) is 13.4. The van der Waals surface area contributed by atoms with Gasteiger partial charge in [0.05, 0.1) is 20.5 Å². The normalized spacial score (nSPS) is 11.8. The van der Waals surface area contributed by atoms with Crippen LogP contribution in [0.15, 0.2) is 60.0 Å². The molecule has 1 heterocycles. The van der Waals surface area contributed by atoms with Gasteiger partial charge in [0.15, 0.2) is 6.54 Å². The summed E-state index contributed by atoms with van der Waals surface area (Å²) >= 11 is 7.69. The van der Waals surface area contributed by atoms with Gasteiger partial charge in [0.25, 0.3) is 11.6 Å². The van der Waals surface area contributed by atoms with Gasteiger partial charge in [0, 0.05) is 17.7 Å². The van der Waals surface area contributed by atoms with Gasteiger partial charge in [-0.25, -0.2) is 0 Å². The number of nitrogens with zero attached hydrogens (tertiary/aromatic N) is 1. The number of non-ortho nitro benzene ring substituents is 1. The molecule has 1 amide bonds. The Morgan fingerprint density at radius 3 is 2.61 bits per heavy atom. The number of quaternary nitrogens is 1. The largest absolute Gasteiger partial charge is 0.328 e. The molecule has 0 radical (unpaired) electrons. The lowest BCUT2D eigenvalue weighted by Gasteiger charge is -2.15. The Kier molecular flexibility index (Phi) is 6.41.